The summed E-state index contributed by atoms with van der Waals surface area (Å²) < 4.78 is 11.4. The van der Waals surface area contributed by atoms with E-state index in [1.807, 2.05) is 0 Å². The van der Waals surface area contributed by atoms with Crippen molar-refractivity contribution >= 4 is 17.7 Å². The van der Waals surface area contributed by atoms with Crippen LogP contribution < -0.4 is 5.69 Å². The lowest BCUT2D eigenvalue weighted by Crippen LogP contribution is -2.16. The van der Waals surface area contributed by atoms with Crippen LogP contribution in [-0.2, 0) is 10.5 Å². The summed E-state index contributed by atoms with van der Waals surface area (Å²) in [5, 5.41) is 7.11. The average Bonchev–Trinajstić information content (AvgIpc) is 3.05. The number of thioether (sulfide) groups is 1. The summed E-state index contributed by atoms with van der Waals surface area (Å²) in [6, 6.07) is 1.97. The number of furan rings is 1. The maximum Gasteiger partial charge on any atom is 0.374 e. The molecule has 106 valence electrons. The lowest BCUT2D eigenvalue weighted by Gasteiger charge is -2.03. The van der Waals surface area contributed by atoms with Crippen LogP contribution in [0.4, 0.5) is 0 Å². The number of rotatable bonds is 5. The minimum Gasteiger partial charge on any atom is -0.463 e. The zero-order chi connectivity index (χ0) is 14.1. The molecule has 0 radical (unpaired) electrons. The van der Waals surface area contributed by atoms with Crippen molar-refractivity contribution in [2.45, 2.75) is 29.8 Å². The fourth-order valence-corrected chi connectivity index (χ4v) is 2.90. The first-order valence-corrected chi connectivity index (χ1v) is 7.13. The molecule has 1 N–H and O–H groups in total. The standard InChI is InChI=1S/C12H13N3O4S/c1-18-10(16)9-7(4-5-19-9)6-20-12-14-13-11(17)15(12)8-2-3-8/h4-5,8H,2-3,6H2,1H3,(H,13,17). The van der Waals surface area contributed by atoms with E-state index < -0.39 is 5.97 Å². The number of H-pyrrole nitrogens is 1. The first-order valence-electron chi connectivity index (χ1n) is 6.15. The molecule has 0 unspecified atom stereocenters. The third kappa shape index (κ3) is 2.38. The third-order valence-corrected chi connectivity index (χ3v) is 4.06. The minimum absolute atomic E-state index is 0.185. The van der Waals surface area contributed by atoms with Crippen LogP contribution >= 0.6 is 11.8 Å². The average molecular weight is 295 g/mol. The molecule has 0 atom stereocenters. The molecule has 0 spiro atoms. The molecule has 3 rings (SSSR count). The molecule has 0 saturated heterocycles. The van der Waals surface area contributed by atoms with Crippen molar-refractivity contribution in [2.75, 3.05) is 7.11 Å². The lowest BCUT2D eigenvalue weighted by molar-refractivity contribution is 0.0564. The second-order valence-electron chi connectivity index (χ2n) is 4.47. The molecule has 1 aliphatic rings. The van der Waals surface area contributed by atoms with Crippen LogP contribution in [-0.4, -0.2) is 27.8 Å². The van der Waals surface area contributed by atoms with Crippen molar-refractivity contribution in [1.82, 2.24) is 14.8 Å². The summed E-state index contributed by atoms with van der Waals surface area (Å²) in [5.74, 6) is 0.167. The van der Waals surface area contributed by atoms with Crippen molar-refractivity contribution in [3.8, 4) is 0 Å². The molecule has 0 aromatic carbocycles. The van der Waals surface area contributed by atoms with E-state index in [0.29, 0.717) is 10.9 Å². The summed E-state index contributed by atoms with van der Waals surface area (Å²) in [4.78, 5) is 23.1. The molecule has 20 heavy (non-hydrogen) atoms. The summed E-state index contributed by atoms with van der Waals surface area (Å²) in [6.45, 7) is 0. The van der Waals surface area contributed by atoms with Gasteiger partial charge in [-0.15, -0.1) is 5.10 Å². The Morgan fingerprint density at radius 3 is 3.15 bits per heavy atom. The minimum atomic E-state index is -0.507. The van der Waals surface area contributed by atoms with Gasteiger partial charge < -0.3 is 9.15 Å². The topological polar surface area (TPSA) is 90.1 Å². The van der Waals surface area contributed by atoms with Gasteiger partial charge in [0, 0.05) is 17.4 Å². The molecule has 7 nitrogen and oxygen atoms in total. The van der Waals surface area contributed by atoms with Gasteiger partial charge in [0.1, 0.15) is 0 Å². The summed E-state index contributed by atoms with van der Waals surface area (Å²) in [5.41, 5.74) is 0.537. The number of methoxy groups -OCH3 is 1. The van der Waals surface area contributed by atoms with Gasteiger partial charge in [-0.1, -0.05) is 11.8 Å². The van der Waals surface area contributed by atoms with E-state index in [0.717, 1.165) is 18.4 Å². The quantitative estimate of drug-likeness (QED) is 0.665. The van der Waals surface area contributed by atoms with Gasteiger partial charge in [-0.25, -0.2) is 14.7 Å². The predicted octanol–water partition coefficient (Wildman–Crippen LogP) is 1.58. The first kappa shape index (κ1) is 13.0. The number of hydrogen-bond donors (Lipinski definition) is 1. The number of aromatic amines is 1. The molecular formula is C12H13N3O4S. The molecule has 0 aliphatic heterocycles. The van der Waals surface area contributed by atoms with E-state index >= 15 is 0 Å². The number of carbonyl (C=O) groups excluding carboxylic acids is 1. The number of ether oxygens (including phenoxy) is 1. The highest BCUT2D eigenvalue weighted by atomic mass is 32.2. The zero-order valence-electron chi connectivity index (χ0n) is 10.8. The number of carbonyl (C=O) groups is 1. The highest BCUT2D eigenvalue weighted by molar-refractivity contribution is 7.98. The molecule has 8 heteroatoms. The Balaban J connectivity index is 1.76. The van der Waals surface area contributed by atoms with Crippen LogP contribution in [0.25, 0.3) is 0 Å². The van der Waals surface area contributed by atoms with Crippen LogP contribution in [0.2, 0.25) is 0 Å². The zero-order valence-corrected chi connectivity index (χ0v) is 11.6. The van der Waals surface area contributed by atoms with E-state index in [1.54, 1.807) is 10.6 Å². The van der Waals surface area contributed by atoms with Gasteiger partial charge in [0.15, 0.2) is 5.16 Å². The van der Waals surface area contributed by atoms with Crippen LogP contribution in [0.1, 0.15) is 35.0 Å². The Kier molecular flexibility index (Phi) is 3.39. The number of aromatic nitrogens is 3. The van der Waals surface area contributed by atoms with Crippen LogP contribution in [0.15, 0.2) is 26.7 Å². The molecule has 2 aromatic heterocycles. The van der Waals surface area contributed by atoms with Gasteiger partial charge in [0.05, 0.1) is 13.4 Å². The Hall–Kier alpha value is -1.96. The summed E-state index contributed by atoms with van der Waals surface area (Å²) >= 11 is 1.39. The van der Waals surface area contributed by atoms with Crippen molar-refractivity contribution in [3.05, 3.63) is 34.1 Å². The smallest absolute Gasteiger partial charge is 0.374 e. The SMILES string of the molecule is COC(=O)c1occc1CSc1n[nH]c(=O)n1C1CC1. The van der Waals surface area contributed by atoms with Gasteiger partial charge in [-0.2, -0.15) is 0 Å². The Morgan fingerprint density at radius 1 is 1.65 bits per heavy atom. The number of hydrogen-bond acceptors (Lipinski definition) is 6. The van der Waals surface area contributed by atoms with E-state index in [9.17, 15) is 9.59 Å². The Morgan fingerprint density at radius 2 is 2.45 bits per heavy atom. The Bertz CT molecular complexity index is 683. The van der Waals surface area contributed by atoms with Crippen molar-refractivity contribution < 1.29 is 13.9 Å². The summed E-state index contributed by atoms with van der Waals surface area (Å²) in [6.07, 6.45) is 3.46. The van der Waals surface area contributed by atoms with Gasteiger partial charge in [0.2, 0.25) is 5.76 Å². The first-order chi connectivity index (χ1) is 9.70. The van der Waals surface area contributed by atoms with Gasteiger partial charge >= 0.3 is 11.7 Å². The van der Waals surface area contributed by atoms with Crippen LogP contribution in [0.3, 0.4) is 0 Å². The van der Waals surface area contributed by atoms with Gasteiger partial charge in [-0.3, -0.25) is 4.57 Å². The van der Waals surface area contributed by atoms with E-state index in [1.165, 1.54) is 25.1 Å². The normalized spacial score (nSPS) is 14.4. The molecule has 2 heterocycles. The van der Waals surface area contributed by atoms with E-state index in [2.05, 4.69) is 14.9 Å². The van der Waals surface area contributed by atoms with E-state index in [-0.39, 0.29) is 17.5 Å². The maximum atomic E-state index is 11.6. The van der Waals surface area contributed by atoms with E-state index in [4.69, 9.17) is 4.42 Å². The molecule has 1 saturated carbocycles. The molecule has 1 aliphatic carbocycles. The largest absolute Gasteiger partial charge is 0.463 e. The van der Waals surface area contributed by atoms with Crippen LogP contribution in [0, 0.1) is 0 Å². The van der Waals surface area contributed by atoms with Crippen molar-refractivity contribution in [3.63, 3.8) is 0 Å². The maximum absolute atomic E-state index is 11.6. The number of esters is 1. The number of nitrogens with one attached hydrogen (secondary N) is 1. The lowest BCUT2D eigenvalue weighted by atomic mass is 10.3. The predicted molar refractivity (Wildman–Crippen MR) is 70.7 cm³/mol. The monoisotopic (exact) mass is 295 g/mol. The molecule has 2 aromatic rings. The fourth-order valence-electron chi connectivity index (χ4n) is 1.91. The summed E-state index contributed by atoms with van der Waals surface area (Å²) in [7, 11) is 1.31. The number of nitrogens with zero attached hydrogens (tertiary/aromatic N) is 2. The second kappa shape index (κ2) is 5.20. The Labute approximate surface area is 118 Å². The molecule has 0 amide bonds. The van der Waals surface area contributed by atoms with Gasteiger partial charge in [0.25, 0.3) is 0 Å². The van der Waals surface area contributed by atoms with Crippen molar-refractivity contribution in [1.29, 1.82) is 0 Å². The second-order valence-corrected chi connectivity index (χ2v) is 5.41. The molecule has 1 fully saturated rings. The van der Waals surface area contributed by atoms with Crippen LogP contribution in [0.5, 0.6) is 0 Å². The molecular weight excluding hydrogens is 282 g/mol. The fraction of sp³-hybridized carbons (Fsp3) is 0.417. The molecule has 0 bridgehead atoms. The van der Waals surface area contributed by atoms with Gasteiger partial charge in [-0.05, 0) is 18.9 Å². The third-order valence-electron chi connectivity index (χ3n) is 3.06. The van der Waals surface area contributed by atoms with Crippen molar-refractivity contribution in [2.24, 2.45) is 0 Å². The highest BCUT2D eigenvalue weighted by Crippen LogP contribution is 2.36. The highest BCUT2D eigenvalue weighted by Gasteiger charge is 2.28.